The maximum atomic E-state index is 11.0. The van der Waals surface area contributed by atoms with Gasteiger partial charge in [0.1, 0.15) is 17.3 Å². The van der Waals surface area contributed by atoms with Gasteiger partial charge in [-0.15, -0.1) is 0 Å². The normalized spacial score (nSPS) is 16.9. The highest BCUT2D eigenvalue weighted by atomic mass is 16.5. The van der Waals surface area contributed by atoms with Crippen molar-refractivity contribution in [1.29, 1.82) is 0 Å². The Kier molecular flexibility index (Phi) is 3.75. The van der Waals surface area contributed by atoms with Crippen LogP contribution in [0, 0.1) is 0 Å². The molecule has 22 heavy (non-hydrogen) atoms. The van der Waals surface area contributed by atoms with E-state index in [4.69, 9.17) is 14.6 Å². The molecule has 0 saturated carbocycles. The lowest BCUT2D eigenvalue weighted by atomic mass is 9.90. The third-order valence-electron chi connectivity index (χ3n) is 4.09. The van der Waals surface area contributed by atoms with E-state index in [9.17, 15) is 4.79 Å². The highest BCUT2D eigenvalue weighted by Crippen LogP contribution is 2.36. The van der Waals surface area contributed by atoms with Crippen LogP contribution in [-0.2, 0) is 13.0 Å². The van der Waals surface area contributed by atoms with Gasteiger partial charge in [-0.2, -0.15) is 0 Å². The highest BCUT2D eigenvalue weighted by Gasteiger charge is 2.25. The Bertz CT molecular complexity index is 708. The molecule has 6 heteroatoms. The molecule has 0 fully saturated rings. The van der Waals surface area contributed by atoms with Gasteiger partial charge in [0.15, 0.2) is 5.69 Å². The molecule has 1 aromatic heterocycles. The van der Waals surface area contributed by atoms with Gasteiger partial charge in [-0.05, 0) is 24.6 Å². The van der Waals surface area contributed by atoms with Gasteiger partial charge in [0.05, 0.1) is 14.2 Å². The Morgan fingerprint density at radius 1 is 1.36 bits per heavy atom. The van der Waals surface area contributed by atoms with Crippen LogP contribution in [0.15, 0.2) is 24.4 Å². The summed E-state index contributed by atoms with van der Waals surface area (Å²) in [6.07, 6.45) is 3.26. The third-order valence-corrected chi connectivity index (χ3v) is 4.09. The second-order valence-corrected chi connectivity index (χ2v) is 5.34. The van der Waals surface area contributed by atoms with Crippen molar-refractivity contribution in [2.45, 2.75) is 25.3 Å². The van der Waals surface area contributed by atoms with Crippen molar-refractivity contribution < 1.29 is 19.4 Å². The Morgan fingerprint density at radius 2 is 2.18 bits per heavy atom. The molecule has 0 amide bonds. The number of aryl methyl sites for hydroxylation is 1. The third kappa shape index (κ3) is 2.52. The van der Waals surface area contributed by atoms with E-state index in [1.54, 1.807) is 20.4 Å². The minimum absolute atomic E-state index is 0.105. The van der Waals surface area contributed by atoms with Gasteiger partial charge in [0.2, 0.25) is 0 Å². The molecule has 1 aliphatic rings. The van der Waals surface area contributed by atoms with E-state index in [1.165, 1.54) is 0 Å². The molecule has 3 rings (SSSR count). The van der Waals surface area contributed by atoms with Crippen molar-refractivity contribution in [3.63, 3.8) is 0 Å². The predicted molar refractivity (Wildman–Crippen MR) is 79.8 cm³/mol. The maximum Gasteiger partial charge on any atom is 0.356 e. The zero-order chi connectivity index (χ0) is 15.7. The number of imidazole rings is 1. The van der Waals surface area contributed by atoms with Crippen molar-refractivity contribution in [1.82, 2.24) is 9.55 Å². The van der Waals surface area contributed by atoms with Gasteiger partial charge in [-0.3, -0.25) is 0 Å². The van der Waals surface area contributed by atoms with E-state index in [0.29, 0.717) is 6.54 Å². The smallest absolute Gasteiger partial charge is 0.356 e. The molecule has 0 saturated heterocycles. The second kappa shape index (κ2) is 5.71. The monoisotopic (exact) mass is 302 g/mol. The topological polar surface area (TPSA) is 73.6 Å². The van der Waals surface area contributed by atoms with Crippen molar-refractivity contribution in [2.75, 3.05) is 14.2 Å². The number of carboxylic acid groups (broad SMARTS) is 1. The summed E-state index contributed by atoms with van der Waals surface area (Å²) in [7, 11) is 3.29. The number of benzene rings is 1. The van der Waals surface area contributed by atoms with Crippen molar-refractivity contribution in [3.8, 4) is 11.5 Å². The molecular formula is C16H18N2O4. The molecule has 1 aliphatic heterocycles. The SMILES string of the molecule is COc1ccc(OC)c(C2CCc3nc(C(=O)O)cn3C2)c1. The molecule has 116 valence electrons. The number of methoxy groups -OCH3 is 2. The average Bonchev–Trinajstić information content (AvgIpc) is 2.97. The molecule has 2 heterocycles. The summed E-state index contributed by atoms with van der Waals surface area (Å²) in [4.78, 5) is 15.2. The minimum Gasteiger partial charge on any atom is -0.497 e. The largest absolute Gasteiger partial charge is 0.497 e. The standard InChI is InChI=1S/C16H18N2O4/c1-21-11-4-5-14(22-2)12(7-11)10-3-6-15-17-13(16(19)20)9-18(15)8-10/h4-5,7,9-10H,3,6,8H2,1-2H3,(H,19,20). The van der Waals surface area contributed by atoms with Gasteiger partial charge in [0.25, 0.3) is 0 Å². The van der Waals surface area contributed by atoms with E-state index in [0.717, 1.165) is 35.7 Å². The van der Waals surface area contributed by atoms with Crippen LogP contribution in [0.1, 0.15) is 34.2 Å². The Hall–Kier alpha value is -2.50. The summed E-state index contributed by atoms with van der Waals surface area (Å²) in [6, 6.07) is 5.76. The lowest BCUT2D eigenvalue weighted by Crippen LogP contribution is -2.19. The molecule has 0 bridgehead atoms. The van der Waals surface area contributed by atoms with Crippen LogP contribution in [0.2, 0.25) is 0 Å². The Balaban J connectivity index is 1.92. The minimum atomic E-state index is -0.989. The number of aromatic nitrogens is 2. The first-order valence-corrected chi connectivity index (χ1v) is 7.13. The van der Waals surface area contributed by atoms with Gasteiger partial charge in [0, 0.05) is 30.6 Å². The second-order valence-electron chi connectivity index (χ2n) is 5.34. The first kappa shape index (κ1) is 14.4. The maximum absolute atomic E-state index is 11.0. The van der Waals surface area contributed by atoms with E-state index < -0.39 is 5.97 Å². The van der Waals surface area contributed by atoms with Crippen molar-refractivity contribution in [2.24, 2.45) is 0 Å². The van der Waals surface area contributed by atoms with Crippen molar-refractivity contribution >= 4 is 5.97 Å². The molecular weight excluding hydrogens is 284 g/mol. The zero-order valence-electron chi connectivity index (χ0n) is 12.6. The molecule has 0 aliphatic carbocycles. The summed E-state index contributed by atoms with van der Waals surface area (Å²) >= 11 is 0. The van der Waals surface area contributed by atoms with Crippen molar-refractivity contribution in [3.05, 3.63) is 41.5 Å². The van der Waals surface area contributed by atoms with Gasteiger partial charge >= 0.3 is 5.97 Å². The molecule has 2 aromatic rings. The van der Waals surface area contributed by atoms with Crippen LogP contribution in [0.4, 0.5) is 0 Å². The van der Waals surface area contributed by atoms with Crippen LogP contribution in [0.25, 0.3) is 0 Å². The number of ether oxygens (including phenoxy) is 2. The van der Waals surface area contributed by atoms with E-state index in [2.05, 4.69) is 4.98 Å². The zero-order valence-corrected chi connectivity index (χ0v) is 12.6. The first-order valence-electron chi connectivity index (χ1n) is 7.13. The lowest BCUT2D eigenvalue weighted by molar-refractivity contribution is 0.0691. The fourth-order valence-corrected chi connectivity index (χ4v) is 2.96. The number of carboxylic acids is 1. The quantitative estimate of drug-likeness (QED) is 0.938. The van der Waals surface area contributed by atoms with Crippen LogP contribution in [0.5, 0.6) is 11.5 Å². The fourth-order valence-electron chi connectivity index (χ4n) is 2.96. The van der Waals surface area contributed by atoms with E-state index in [-0.39, 0.29) is 11.6 Å². The Morgan fingerprint density at radius 3 is 2.86 bits per heavy atom. The van der Waals surface area contributed by atoms with E-state index in [1.807, 2.05) is 22.8 Å². The lowest BCUT2D eigenvalue weighted by Gasteiger charge is -2.25. The van der Waals surface area contributed by atoms with Crippen LogP contribution >= 0.6 is 0 Å². The number of rotatable bonds is 4. The van der Waals surface area contributed by atoms with Crippen LogP contribution in [0.3, 0.4) is 0 Å². The first-order chi connectivity index (χ1) is 10.6. The summed E-state index contributed by atoms with van der Waals surface area (Å²) in [6.45, 7) is 0.694. The van der Waals surface area contributed by atoms with Gasteiger partial charge in [-0.25, -0.2) is 9.78 Å². The molecule has 0 spiro atoms. The summed E-state index contributed by atoms with van der Waals surface area (Å²) in [5, 5.41) is 9.06. The number of carbonyl (C=O) groups is 1. The van der Waals surface area contributed by atoms with Gasteiger partial charge in [-0.1, -0.05) is 0 Å². The molecule has 1 N–H and O–H groups in total. The predicted octanol–water partition coefficient (Wildman–Crippen LogP) is 2.33. The Labute approximate surface area is 128 Å². The summed E-state index contributed by atoms with van der Waals surface area (Å²) < 4.78 is 12.7. The van der Waals surface area contributed by atoms with Crippen LogP contribution < -0.4 is 9.47 Å². The number of hydrogen-bond donors (Lipinski definition) is 1. The van der Waals surface area contributed by atoms with E-state index >= 15 is 0 Å². The number of fused-ring (bicyclic) bond motifs is 1. The summed E-state index contributed by atoms with van der Waals surface area (Å²) in [5.74, 6) is 1.70. The molecule has 1 aromatic carbocycles. The molecule has 1 atom stereocenters. The van der Waals surface area contributed by atoms with Gasteiger partial charge < -0.3 is 19.1 Å². The molecule has 0 radical (unpaired) electrons. The number of aromatic carboxylic acids is 1. The molecule has 6 nitrogen and oxygen atoms in total. The highest BCUT2D eigenvalue weighted by molar-refractivity contribution is 5.85. The number of hydrogen-bond acceptors (Lipinski definition) is 4. The van der Waals surface area contributed by atoms with Crippen LogP contribution in [-0.4, -0.2) is 34.8 Å². The number of nitrogens with zero attached hydrogens (tertiary/aromatic N) is 2. The molecule has 1 unspecified atom stereocenters. The average molecular weight is 302 g/mol. The summed E-state index contributed by atoms with van der Waals surface area (Å²) in [5.41, 5.74) is 1.19. The fraction of sp³-hybridized carbons (Fsp3) is 0.375.